The van der Waals surface area contributed by atoms with E-state index in [0.717, 1.165) is 22.1 Å². The van der Waals surface area contributed by atoms with E-state index in [4.69, 9.17) is 10.2 Å². The molecule has 17 heavy (non-hydrogen) atoms. The van der Waals surface area contributed by atoms with Gasteiger partial charge in [0.25, 0.3) is 0 Å². The van der Waals surface area contributed by atoms with Crippen molar-refractivity contribution in [1.29, 1.82) is 0 Å². The van der Waals surface area contributed by atoms with Crippen LogP contribution in [-0.2, 0) is 0 Å². The maximum atomic E-state index is 6.19. The molecule has 1 unspecified atom stereocenters. The molecule has 0 saturated heterocycles. The van der Waals surface area contributed by atoms with Gasteiger partial charge in [0.2, 0.25) is 0 Å². The van der Waals surface area contributed by atoms with Crippen LogP contribution in [0.3, 0.4) is 0 Å². The van der Waals surface area contributed by atoms with Gasteiger partial charge in [-0.25, -0.2) is 9.97 Å². The van der Waals surface area contributed by atoms with Crippen molar-refractivity contribution in [3.05, 3.63) is 60.4 Å². The van der Waals surface area contributed by atoms with E-state index in [1.807, 2.05) is 24.3 Å². The van der Waals surface area contributed by atoms with Gasteiger partial charge in [0.15, 0.2) is 0 Å². The summed E-state index contributed by atoms with van der Waals surface area (Å²) in [6.07, 6.45) is 6.63. The molecule has 0 amide bonds. The highest BCUT2D eigenvalue weighted by atomic mass is 16.3. The molecule has 1 aromatic carbocycles. The largest absolute Gasteiger partial charge is 0.464 e. The van der Waals surface area contributed by atoms with E-state index in [0.29, 0.717) is 0 Å². The van der Waals surface area contributed by atoms with Crippen molar-refractivity contribution in [2.24, 2.45) is 5.73 Å². The molecular weight excluding hydrogens is 214 g/mol. The average molecular weight is 225 g/mol. The number of hydrogen-bond donors (Lipinski definition) is 1. The molecular formula is C13H11N3O. The second kappa shape index (κ2) is 3.99. The van der Waals surface area contributed by atoms with E-state index in [2.05, 4.69) is 9.97 Å². The van der Waals surface area contributed by atoms with Crippen molar-refractivity contribution in [2.45, 2.75) is 6.04 Å². The molecule has 4 nitrogen and oxygen atoms in total. The van der Waals surface area contributed by atoms with E-state index < -0.39 is 0 Å². The van der Waals surface area contributed by atoms with Crippen LogP contribution >= 0.6 is 0 Å². The summed E-state index contributed by atoms with van der Waals surface area (Å²) in [5.41, 5.74) is 8.86. The van der Waals surface area contributed by atoms with Crippen molar-refractivity contribution >= 4 is 11.0 Å². The van der Waals surface area contributed by atoms with Crippen molar-refractivity contribution in [3.8, 4) is 0 Å². The van der Waals surface area contributed by atoms with Gasteiger partial charge in [-0.15, -0.1) is 0 Å². The lowest BCUT2D eigenvalue weighted by molar-refractivity contribution is 0.607. The molecule has 4 heteroatoms. The highest BCUT2D eigenvalue weighted by molar-refractivity contribution is 5.81. The minimum atomic E-state index is -0.264. The predicted molar refractivity (Wildman–Crippen MR) is 64.3 cm³/mol. The molecule has 0 saturated carbocycles. The third kappa shape index (κ3) is 1.68. The third-order valence-corrected chi connectivity index (χ3v) is 2.79. The summed E-state index contributed by atoms with van der Waals surface area (Å²) < 4.78 is 5.47. The zero-order chi connectivity index (χ0) is 11.7. The van der Waals surface area contributed by atoms with Crippen LogP contribution in [0.4, 0.5) is 0 Å². The lowest BCUT2D eigenvalue weighted by Crippen LogP contribution is -2.11. The number of hydrogen-bond acceptors (Lipinski definition) is 4. The zero-order valence-corrected chi connectivity index (χ0v) is 9.08. The Morgan fingerprint density at radius 1 is 1.12 bits per heavy atom. The van der Waals surface area contributed by atoms with Crippen molar-refractivity contribution in [3.63, 3.8) is 0 Å². The van der Waals surface area contributed by atoms with Crippen LogP contribution in [0.25, 0.3) is 11.0 Å². The van der Waals surface area contributed by atoms with Crippen molar-refractivity contribution < 1.29 is 4.42 Å². The van der Waals surface area contributed by atoms with Gasteiger partial charge in [-0.05, 0) is 6.07 Å². The first-order chi connectivity index (χ1) is 8.36. The quantitative estimate of drug-likeness (QED) is 0.726. The minimum absolute atomic E-state index is 0.264. The summed E-state index contributed by atoms with van der Waals surface area (Å²) in [6.45, 7) is 0. The van der Waals surface area contributed by atoms with E-state index in [-0.39, 0.29) is 6.04 Å². The average Bonchev–Trinajstić information content (AvgIpc) is 2.83. The van der Waals surface area contributed by atoms with Gasteiger partial charge in [0.1, 0.15) is 11.9 Å². The number of furan rings is 1. The Hall–Kier alpha value is -2.20. The Labute approximate surface area is 98.1 Å². The third-order valence-electron chi connectivity index (χ3n) is 2.79. The molecule has 2 heterocycles. The Morgan fingerprint density at radius 2 is 1.88 bits per heavy atom. The van der Waals surface area contributed by atoms with Crippen LogP contribution in [0.5, 0.6) is 0 Å². The molecule has 0 aliphatic rings. The summed E-state index contributed by atoms with van der Waals surface area (Å²) in [4.78, 5) is 7.95. The number of aromatic nitrogens is 2. The number of fused-ring (bicyclic) bond motifs is 1. The van der Waals surface area contributed by atoms with Gasteiger partial charge < -0.3 is 10.2 Å². The minimum Gasteiger partial charge on any atom is -0.464 e. The highest BCUT2D eigenvalue weighted by Crippen LogP contribution is 2.28. The lowest BCUT2D eigenvalue weighted by Gasteiger charge is -2.08. The van der Waals surface area contributed by atoms with Gasteiger partial charge in [-0.2, -0.15) is 0 Å². The molecule has 3 aromatic rings. The molecule has 0 fully saturated rings. The van der Waals surface area contributed by atoms with Gasteiger partial charge in [-0.1, -0.05) is 18.2 Å². The summed E-state index contributed by atoms with van der Waals surface area (Å²) in [5, 5.41) is 1.03. The molecule has 1 atom stereocenters. The second-order valence-electron chi connectivity index (χ2n) is 3.84. The SMILES string of the molecule is NC(c1cncnc1)c1coc2ccccc12. The van der Waals surface area contributed by atoms with Gasteiger partial charge in [0, 0.05) is 28.9 Å². The van der Waals surface area contributed by atoms with Gasteiger partial charge >= 0.3 is 0 Å². The molecule has 3 rings (SSSR count). The maximum absolute atomic E-state index is 6.19. The van der Waals surface area contributed by atoms with Crippen molar-refractivity contribution in [1.82, 2.24) is 9.97 Å². The van der Waals surface area contributed by atoms with Crippen LogP contribution in [0.2, 0.25) is 0 Å². The fourth-order valence-electron chi connectivity index (χ4n) is 1.89. The fraction of sp³-hybridized carbons (Fsp3) is 0.0769. The highest BCUT2D eigenvalue weighted by Gasteiger charge is 2.15. The smallest absolute Gasteiger partial charge is 0.134 e. The monoisotopic (exact) mass is 225 g/mol. The molecule has 84 valence electrons. The van der Waals surface area contributed by atoms with Gasteiger partial charge in [-0.3, -0.25) is 0 Å². The molecule has 0 radical (unpaired) electrons. The Balaban J connectivity index is 2.10. The first-order valence-electron chi connectivity index (χ1n) is 5.33. The van der Waals surface area contributed by atoms with Crippen LogP contribution in [0.15, 0.2) is 53.7 Å². The Kier molecular flexibility index (Phi) is 2.34. The normalized spacial score (nSPS) is 12.8. The van der Waals surface area contributed by atoms with E-state index >= 15 is 0 Å². The number of para-hydroxylation sites is 1. The standard InChI is InChI=1S/C13H11N3O/c14-13(9-5-15-8-16-6-9)11-7-17-12-4-2-1-3-10(11)12/h1-8,13H,14H2. The van der Waals surface area contributed by atoms with Gasteiger partial charge in [0.05, 0.1) is 12.3 Å². The number of rotatable bonds is 2. The number of benzene rings is 1. The summed E-state index contributed by atoms with van der Waals surface area (Å²) in [7, 11) is 0. The zero-order valence-electron chi connectivity index (χ0n) is 9.08. The molecule has 0 bridgehead atoms. The molecule has 0 spiro atoms. The summed E-state index contributed by atoms with van der Waals surface area (Å²) in [5.74, 6) is 0. The van der Waals surface area contributed by atoms with Crippen LogP contribution in [0.1, 0.15) is 17.2 Å². The first-order valence-corrected chi connectivity index (χ1v) is 5.33. The topological polar surface area (TPSA) is 64.9 Å². The lowest BCUT2D eigenvalue weighted by atomic mass is 10.0. The van der Waals surface area contributed by atoms with Crippen LogP contribution in [-0.4, -0.2) is 9.97 Å². The molecule has 0 aliphatic carbocycles. The van der Waals surface area contributed by atoms with E-state index in [1.165, 1.54) is 6.33 Å². The van der Waals surface area contributed by atoms with Crippen LogP contribution in [0, 0.1) is 0 Å². The molecule has 2 N–H and O–H groups in total. The molecule has 0 aliphatic heterocycles. The van der Waals surface area contributed by atoms with E-state index in [1.54, 1.807) is 18.7 Å². The Morgan fingerprint density at radius 3 is 2.71 bits per heavy atom. The van der Waals surface area contributed by atoms with E-state index in [9.17, 15) is 0 Å². The Bertz CT molecular complexity index is 633. The summed E-state index contributed by atoms with van der Waals surface area (Å²) in [6, 6.07) is 7.56. The van der Waals surface area contributed by atoms with Crippen molar-refractivity contribution in [2.75, 3.05) is 0 Å². The maximum Gasteiger partial charge on any atom is 0.134 e. The predicted octanol–water partition coefficient (Wildman–Crippen LogP) is 2.27. The first kappa shape index (κ1) is 9.99. The fourth-order valence-corrected chi connectivity index (χ4v) is 1.89. The second-order valence-corrected chi connectivity index (χ2v) is 3.84. The van der Waals surface area contributed by atoms with Crippen LogP contribution < -0.4 is 5.73 Å². The number of nitrogens with two attached hydrogens (primary N) is 1. The molecule has 2 aromatic heterocycles. The number of nitrogens with zero attached hydrogens (tertiary/aromatic N) is 2. The summed E-state index contributed by atoms with van der Waals surface area (Å²) >= 11 is 0.